The summed E-state index contributed by atoms with van der Waals surface area (Å²) < 4.78 is 5.40. The van der Waals surface area contributed by atoms with Crippen molar-refractivity contribution in [2.24, 2.45) is 0 Å². The van der Waals surface area contributed by atoms with E-state index < -0.39 is 0 Å². The molecule has 0 bridgehead atoms. The van der Waals surface area contributed by atoms with Crippen molar-refractivity contribution in [2.75, 3.05) is 20.3 Å². The maximum absolute atomic E-state index is 5.40. The lowest BCUT2D eigenvalue weighted by atomic mass is 10.1. The van der Waals surface area contributed by atoms with Gasteiger partial charge in [-0.25, -0.2) is 0 Å². The van der Waals surface area contributed by atoms with Crippen LogP contribution in [0.1, 0.15) is 12.5 Å². The molecule has 78 valence electrons. The van der Waals surface area contributed by atoms with Crippen LogP contribution < -0.4 is 5.32 Å². The molecule has 0 radical (unpaired) electrons. The minimum absolute atomic E-state index is 0.414. The Morgan fingerprint density at radius 1 is 1.29 bits per heavy atom. The summed E-state index contributed by atoms with van der Waals surface area (Å²) >= 11 is 0. The molecule has 1 aromatic carbocycles. The number of hydrogen-bond donors (Lipinski definition) is 1. The fourth-order valence-corrected chi connectivity index (χ4v) is 1.40. The molecular formula is C12H19NO. The Bertz CT molecular complexity index is 235. The van der Waals surface area contributed by atoms with Gasteiger partial charge in [0.1, 0.15) is 0 Å². The van der Waals surface area contributed by atoms with Crippen molar-refractivity contribution in [1.29, 1.82) is 0 Å². The van der Waals surface area contributed by atoms with Gasteiger partial charge in [-0.2, -0.15) is 0 Å². The third-order valence-electron chi connectivity index (χ3n) is 2.26. The van der Waals surface area contributed by atoms with E-state index in [-0.39, 0.29) is 0 Å². The van der Waals surface area contributed by atoms with E-state index in [1.807, 2.05) is 20.0 Å². The molecule has 1 N–H and O–H groups in total. The van der Waals surface area contributed by atoms with Crippen molar-refractivity contribution in [3.63, 3.8) is 0 Å². The Kier molecular flexibility index (Phi) is 5.27. The predicted octanol–water partition coefficient (Wildman–Crippen LogP) is 1.85. The van der Waals surface area contributed by atoms with Gasteiger partial charge in [0.15, 0.2) is 0 Å². The largest absolute Gasteiger partial charge is 0.380 e. The number of likely N-dealkylation sites (N-methyl/N-ethyl adjacent to an activating group) is 1. The van der Waals surface area contributed by atoms with Gasteiger partial charge in [0, 0.05) is 12.6 Å². The molecule has 0 saturated heterocycles. The normalized spacial score (nSPS) is 12.7. The first kappa shape index (κ1) is 11.2. The van der Waals surface area contributed by atoms with Crippen molar-refractivity contribution >= 4 is 0 Å². The molecule has 1 atom stereocenters. The molecule has 0 aliphatic rings. The van der Waals surface area contributed by atoms with Crippen LogP contribution in [-0.4, -0.2) is 26.3 Å². The molecule has 0 spiro atoms. The molecular weight excluding hydrogens is 174 g/mol. The van der Waals surface area contributed by atoms with Crippen molar-refractivity contribution in [1.82, 2.24) is 5.32 Å². The number of nitrogens with one attached hydrogen (secondary N) is 1. The van der Waals surface area contributed by atoms with E-state index in [9.17, 15) is 0 Å². The summed E-state index contributed by atoms with van der Waals surface area (Å²) in [7, 11) is 1.98. The van der Waals surface area contributed by atoms with Crippen LogP contribution in [-0.2, 0) is 11.2 Å². The topological polar surface area (TPSA) is 21.3 Å². The number of hydrogen-bond acceptors (Lipinski definition) is 2. The first-order chi connectivity index (χ1) is 6.86. The SMILES string of the molecule is CCOCC(Cc1ccccc1)NC. The molecule has 0 aliphatic heterocycles. The third-order valence-corrected chi connectivity index (χ3v) is 2.26. The van der Waals surface area contributed by atoms with Crippen LogP contribution in [0.15, 0.2) is 30.3 Å². The Balaban J connectivity index is 2.40. The summed E-state index contributed by atoms with van der Waals surface area (Å²) in [6.07, 6.45) is 1.03. The van der Waals surface area contributed by atoms with E-state index in [0.717, 1.165) is 19.6 Å². The molecule has 2 heteroatoms. The van der Waals surface area contributed by atoms with Gasteiger partial charge in [-0.1, -0.05) is 30.3 Å². The smallest absolute Gasteiger partial charge is 0.0622 e. The zero-order valence-corrected chi connectivity index (χ0v) is 8.99. The van der Waals surface area contributed by atoms with E-state index in [2.05, 4.69) is 29.6 Å². The fourth-order valence-electron chi connectivity index (χ4n) is 1.40. The Labute approximate surface area is 86.3 Å². The van der Waals surface area contributed by atoms with E-state index in [0.29, 0.717) is 6.04 Å². The molecule has 1 rings (SSSR count). The first-order valence-corrected chi connectivity index (χ1v) is 5.15. The number of ether oxygens (including phenoxy) is 1. The Hall–Kier alpha value is -0.860. The third kappa shape index (κ3) is 3.90. The maximum Gasteiger partial charge on any atom is 0.0622 e. The van der Waals surface area contributed by atoms with Gasteiger partial charge in [0.05, 0.1) is 6.61 Å². The quantitative estimate of drug-likeness (QED) is 0.744. The van der Waals surface area contributed by atoms with Crippen LogP contribution in [0, 0.1) is 0 Å². The highest BCUT2D eigenvalue weighted by molar-refractivity contribution is 5.15. The second-order valence-corrected chi connectivity index (χ2v) is 3.33. The monoisotopic (exact) mass is 193 g/mol. The van der Waals surface area contributed by atoms with Gasteiger partial charge in [-0.05, 0) is 26.0 Å². The minimum Gasteiger partial charge on any atom is -0.380 e. The van der Waals surface area contributed by atoms with Crippen LogP contribution in [0.2, 0.25) is 0 Å². The highest BCUT2D eigenvalue weighted by atomic mass is 16.5. The second-order valence-electron chi connectivity index (χ2n) is 3.33. The van der Waals surface area contributed by atoms with Crippen molar-refractivity contribution in [2.45, 2.75) is 19.4 Å². The van der Waals surface area contributed by atoms with E-state index in [1.165, 1.54) is 5.56 Å². The van der Waals surface area contributed by atoms with Crippen molar-refractivity contribution < 1.29 is 4.74 Å². The molecule has 1 aromatic rings. The highest BCUT2D eigenvalue weighted by Crippen LogP contribution is 2.03. The molecule has 0 amide bonds. The number of rotatable bonds is 6. The molecule has 0 saturated carbocycles. The van der Waals surface area contributed by atoms with Gasteiger partial charge >= 0.3 is 0 Å². The summed E-state index contributed by atoms with van der Waals surface area (Å²) in [6.45, 7) is 3.59. The Morgan fingerprint density at radius 3 is 2.57 bits per heavy atom. The lowest BCUT2D eigenvalue weighted by Gasteiger charge is -2.15. The van der Waals surface area contributed by atoms with Crippen LogP contribution in [0.25, 0.3) is 0 Å². The molecule has 0 fully saturated rings. The van der Waals surface area contributed by atoms with Gasteiger partial charge < -0.3 is 10.1 Å². The van der Waals surface area contributed by atoms with Gasteiger partial charge in [0.25, 0.3) is 0 Å². The summed E-state index contributed by atoms with van der Waals surface area (Å²) in [6, 6.07) is 10.9. The van der Waals surface area contributed by atoms with Crippen molar-refractivity contribution in [3.8, 4) is 0 Å². The molecule has 2 nitrogen and oxygen atoms in total. The van der Waals surface area contributed by atoms with Gasteiger partial charge in [-0.15, -0.1) is 0 Å². The molecule has 1 unspecified atom stereocenters. The summed E-state index contributed by atoms with van der Waals surface area (Å²) in [5.74, 6) is 0. The molecule has 0 aliphatic carbocycles. The lowest BCUT2D eigenvalue weighted by Crippen LogP contribution is -2.32. The van der Waals surface area contributed by atoms with Crippen molar-refractivity contribution in [3.05, 3.63) is 35.9 Å². The summed E-state index contributed by atoms with van der Waals surface area (Å²) in [4.78, 5) is 0. The van der Waals surface area contributed by atoms with E-state index >= 15 is 0 Å². The van der Waals surface area contributed by atoms with E-state index in [1.54, 1.807) is 0 Å². The Morgan fingerprint density at radius 2 is 2.00 bits per heavy atom. The second kappa shape index (κ2) is 6.57. The van der Waals surface area contributed by atoms with Gasteiger partial charge in [0.2, 0.25) is 0 Å². The molecule has 0 aromatic heterocycles. The first-order valence-electron chi connectivity index (χ1n) is 5.15. The minimum atomic E-state index is 0.414. The van der Waals surface area contributed by atoms with Crippen LogP contribution in [0.4, 0.5) is 0 Å². The maximum atomic E-state index is 5.40. The summed E-state index contributed by atoms with van der Waals surface area (Å²) in [5.41, 5.74) is 1.35. The molecule has 0 heterocycles. The number of benzene rings is 1. The van der Waals surface area contributed by atoms with E-state index in [4.69, 9.17) is 4.74 Å². The zero-order chi connectivity index (χ0) is 10.2. The van der Waals surface area contributed by atoms with Gasteiger partial charge in [-0.3, -0.25) is 0 Å². The van der Waals surface area contributed by atoms with Crippen LogP contribution >= 0.6 is 0 Å². The highest BCUT2D eigenvalue weighted by Gasteiger charge is 2.06. The zero-order valence-electron chi connectivity index (χ0n) is 8.99. The standard InChI is InChI=1S/C12H19NO/c1-3-14-10-12(13-2)9-11-7-5-4-6-8-11/h4-8,12-13H,3,9-10H2,1-2H3. The summed E-state index contributed by atoms with van der Waals surface area (Å²) in [5, 5.41) is 3.26. The average molecular weight is 193 g/mol. The lowest BCUT2D eigenvalue weighted by molar-refractivity contribution is 0.125. The van der Waals surface area contributed by atoms with Crippen LogP contribution in [0.5, 0.6) is 0 Å². The predicted molar refractivity (Wildman–Crippen MR) is 59.5 cm³/mol. The van der Waals surface area contributed by atoms with Crippen LogP contribution in [0.3, 0.4) is 0 Å². The fraction of sp³-hybridized carbons (Fsp3) is 0.500. The average Bonchev–Trinajstić information content (AvgIpc) is 2.25. The molecule has 14 heavy (non-hydrogen) atoms.